The van der Waals surface area contributed by atoms with Crippen LogP contribution in [0.15, 0.2) is 35.2 Å². The van der Waals surface area contributed by atoms with E-state index in [2.05, 4.69) is 0 Å². The Bertz CT molecular complexity index is 570. The van der Waals surface area contributed by atoms with Crippen LogP contribution in [0, 0.1) is 0 Å². The Labute approximate surface area is 107 Å². The molecule has 5 heteroatoms. The molecule has 0 saturated heterocycles. The first kappa shape index (κ1) is 14.4. The van der Waals surface area contributed by atoms with Gasteiger partial charge in [0.1, 0.15) is 0 Å². The highest BCUT2D eigenvalue weighted by Gasteiger charge is 2.13. The van der Waals surface area contributed by atoms with E-state index in [4.69, 9.17) is 5.11 Å². The minimum Gasteiger partial charge on any atom is -0.478 e. The first-order valence-corrected chi connectivity index (χ1v) is 7.26. The van der Waals surface area contributed by atoms with Gasteiger partial charge in [0.05, 0.1) is 10.6 Å². The minimum absolute atomic E-state index is 0.0954. The van der Waals surface area contributed by atoms with E-state index >= 15 is 0 Å². The normalized spacial score (nSPS) is 12.4. The average molecular weight is 268 g/mol. The highest BCUT2D eigenvalue weighted by Crippen LogP contribution is 2.19. The van der Waals surface area contributed by atoms with Crippen molar-refractivity contribution >= 4 is 21.4 Å². The van der Waals surface area contributed by atoms with Crippen molar-refractivity contribution in [2.75, 3.05) is 5.75 Å². The molecule has 98 valence electrons. The fourth-order valence-electron chi connectivity index (χ4n) is 1.59. The predicted molar refractivity (Wildman–Crippen MR) is 70.1 cm³/mol. The SMILES string of the molecule is CCCS(=O)(=O)c1cccc(/C(C)=C/C(=O)O)c1. The second-order valence-corrected chi connectivity index (χ2v) is 6.12. The van der Waals surface area contributed by atoms with Crippen LogP contribution in [0.2, 0.25) is 0 Å². The van der Waals surface area contributed by atoms with Crippen LogP contribution in [0.1, 0.15) is 25.8 Å². The van der Waals surface area contributed by atoms with Gasteiger partial charge >= 0.3 is 5.97 Å². The lowest BCUT2D eigenvalue weighted by molar-refractivity contribution is -0.131. The van der Waals surface area contributed by atoms with Gasteiger partial charge in [-0.2, -0.15) is 0 Å². The van der Waals surface area contributed by atoms with Crippen molar-refractivity contribution in [2.24, 2.45) is 0 Å². The third-order valence-corrected chi connectivity index (χ3v) is 4.38. The average Bonchev–Trinajstić information content (AvgIpc) is 2.28. The Morgan fingerprint density at radius 1 is 1.39 bits per heavy atom. The van der Waals surface area contributed by atoms with E-state index in [1.54, 1.807) is 26.0 Å². The van der Waals surface area contributed by atoms with Crippen molar-refractivity contribution in [1.82, 2.24) is 0 Å². The molecule has 18 heavy (non-hydrogen) atoms. The maximum atomic E-state index is 11.9. The lowest BCUT2D eigenvalue weighted by Gasteiger charge is -2.06. The zero-order chi connectivity index (χ0) is 13.8. The summed E-state index contributed by atoms with van der Waals surface area (Å²) in [7, 11) is -3.27. The molecule has 0 aliphatic carbocycles. The number of hydrogen-bond donors (Lipinski definition) is 1. The topological polar surface area (TPSA) is 71.4 Å². The van der Waals surface area contributed by atoms with E-state index in [-0.39, 0.29) is 10.6 Å². The van der Waals surface area contributed by atoms with Crippen LogP contribution >= 0.6 is 0 Å². The van der Waals surface area contributed by atoms with E-state index in [9.17, 15) is 13.2 Å². The van der Waals surface area contributed by atoms with E-state index in [1.165, 1.54) is 12.1 Å². The molecule has 1 aromatic rings. The zero-order valence-corrected chi connectivity index (χ0v) is 11.2. The molecule has 0 amide bonds. The van der Waals surface area contributed by atoms with E-state index < -0.39 is 15.8 Å². The van der Waals surface area contributed by atoms with Gasteiger partial charge in [-0.25, -0.2) is 13.2 Å². The second-order valence-electron chi connectivity index (χ2n) is 4.01. The number of allylic oxidation sites excluding steroid dienone is 1. The van der Waals surface area contributed by atoms with Crippen molar-refractivity contribution in [2.45, 2.75) is 25.2 Å². The number of sulfone groups is 1. The summed E-state index contributed by atoms with van der Waals surface area (Å²) in [5.41, 5.74) is 1.13. The summed E-state index contributed by atoms with van der Waals surface area (Å²) in [5, 5.41) is 8.66. The van der Waals surface area contributed by atoms with Crippen LogP contribution in [0.25, 0.3) is 5.57 Å². The maximum Gasteiger partial charge on any atom is 0.328 e. The Morgan fingerprint density at radius 3 is 2.61 bits per heavy atom. The predicted octanol–water partition coefficient (Wildman–Crippen LogP) is 2.36. The number of benzene rings is 1. The Kier molecular flexibility index (Phi) is 4.67. The van der Waals surface area contributed by atoms with Crippen molar-refractivity contribution in [1.29, 1.82) is 0 Å². The first-order valence-electron chi connectivity index (χ1n) is 5.61. The fraction of sp³-hybridized carbons (Fsp3) is 0.308. The summed E-state index contributed by atoms with van der Waals surface area (Å²) in [6.07, 6.45) is 1.61. The fourth-order valence-corrected chi connectivity index (χ4v) is 2.96. The first-order chi connectivity index (χ1) is 8.36. The third kappa shape index (κ3) is 3.70. The van der Waals surface area contributed by atoms with Crippen LogP contribution < -0.4 is 0 Å². The maximum absolute atomic E-state index is 11.9. The molecular formula is C13H16O4S. The molecule has 1 aromatic carbocycles. The lowest BCUT2D eigenvalue weighted by Crippen LogP contribution is -2.06. The number of hydrogen-bond acceptors (Lipinski definition) is 3. The Balaban J connectivity index is 3.19. The second kappa shape index (κ2) is 5.82. The Morgan fingerprint density at radius 2 is 2.06 bits per heavy atom. The number of aliphatic carboxylic acids is 1. The molecule has 0 spiro atoms. The van der Waals surface area contributed by atoms with Gasteiger partial charge in [0.25, 0.3) is 0 Å². The molecule has 1 N–H and O–H groups in total. The van der Waals surface area contributed by atoms with Crippen molar-refractivity contribution < 1.29 is 18.3 Å². The highest BCUT2D eigenvalue weighted by atomic mass is 32.2. The molecule has 0 bridgehead atoms. The standard InChI is InChI=1S/C13H16O4S/c1-3-7-18(16,17)12-6-4-5-11(9-12)10(2)8-13(14)15/h4-6,8-9H,3,7H2,1-2H3,(H,14,15)/b10-8+. The van der Waals surface area contributed by atoms with Gasteiger partial charge in [0.2, 0.25) is 0 Å². The Hall–Kier alpha value is -1.62. The van der Waals surface area contributed by atoms with Gasteiger partial charge < -0.3 is 5.11 Å². The molecule has 0 unspecified atom stereocenters. The summed E-state index contributed by atoms with van der Waals surface area (Å²) in [5.74, 6) is -0.952. The number of rotatable bonds is 5. The quantitative estimate of drug-likeness (QED) is 0.832. The summed E-state index contributed by atoms with van der Waals surface area (Å²) in [6, 6.07) is 6.36. The number of carbonyl (C=O) groups is 1. The summed E-state index contributed by atoms with van der Waals surface area (Å²) < 4.78 is 23.8. The van der Waals surface area contributed by atoms with Gasteiger partial charge in [-0.15, -0.1) is 0 Å². The monoisotopic (exact) mass is 268 g/mol. The van der Waals surface area contributed by atoms with E-state index in [0.717, 1.165) is 6.08 Å². The molecule has 0 aromatic heterocycles. The molecule has 0 fully saturated rings. The zero-order valence-electron chi connectivity index (χ0n) is 10.4. The summed E-state index contributed by atoms with van der Waals surface area (Å²) in [4.78, 5) is 10.8. The van der Waals surface area contributed by atoms with Crippen molar-refractivity contribution in [3.63, 3.8) is 0 Å². The van der Waals surface area contributed by atoms with E-state index in [1.807, 2.05) is 0 Å². The van der Waals surface area contributed by atoms with Crippen molar-refractivity contribution in [3.05, 3.63) is 35.9 Å². The smallest absolute Gasteiger partial charge is 0.328 e. The lowest BCUT2D eigenvalue weighted by atomic mass is 10.1. The van der Waals surface area contributed by atoms with Gasteiger partial charge in [0.15, 0.2) is 9.84 Å². The molecular weight excluding hydrogens is 252 g/mol. The third-order valence-electron chi connectivity index (χ3n) is 2.46. The van der Waals surface area contributed by atoms with Crippen LogP contribution in [-0.4, -0.2) is 25.2 Å². The molecule has 0 saturated carbocycles. The number of carboxylic acids is 1. The summed E-state index contributed by atoms with van der Waals surface area (Å²) >= 11 is 0. The van der Waals surface area contributed by atoms with Gasteiger partial charge in [-0.3, -0.25) is 0 Å². The van der Waals surface area contributed by atoms with Crippen LogP contribution in [0.5, 0.6) is 0 Å². The molecule has 0 heterocycles. The minimum atomic E-state index is -3.27. The molecule has 4 nitrogen and oxygen atoms in total. The van der Waals surface area contributed by atoms with Gasteiger partial charge in [-0.05, 0) is 36.6 Å². The van der Waals surface area contributed by atoms with E-state index in [0.29, 0.717) is 17.6 Å². The van der Waals surface area contributed by atoms with Gasteiger partial charge in [-0.1, -0.05) is 19.1 Å². The van der Waals surface area contributed by atoms with Crippen molar-refractivity contribution in [3.8, 4) is 0 Å². The highest BCUT2D eigenvalue weighted by molar-refractivity contribution is 7.91. The molecule has 0 aliphatic rings. The largest absolute Gasteiger partial charge is 0.478 e. The molecule has 1 rings (SSSR count). The molecule has 0 radical (unpaired) electrons. The van der Waals surface area contributed by atoms with Gasteiger partial charge in [0, 0.05) is 6.08 Å². The van der Waals surface area contributed by atoms with Crippen LogP contribution in [-0.2, 0) is 14.6 Å². The summed E-state index contributed by atoms with van der Waals surface area (Å²) in [6.45, 7) is 3.44. The van der Waals surface area contributed by atoms with Crippen LogP contribution in [0.4, 0.5) is 0 Å². The van der Waals surface area contributed by atoms with Crippen LogP contribution in [0.3, 0.4) is 0 Å². The molecule has 0 atom stereocenters. The molecule has 0 aliphatic heterocycles. The number of carboxylic acid groups (broad SMARTS) is 1.